The molecule has 132 valence electrons. The van der Waals surface area contributed by atoms with Crippen molar-refractivity contribution < 1.29 is 8.42 Å². The minimum atomic E-state index is -3.21. The van der Waals surface area contributed by atoms with Gasteiger partial charge in [0.2, 0.25) is 10.0 Å². The van der Waals surface area contributed by atoms with E-state index in [1.807, 2.05) is 44.2 Å². The monoisotopic (exact) mass is 359 g/mol. The molecule has 0 bridgehead atoms. The summed E-state index contributed by atoms with van der Waals surface area (Å²) in [7, 11) is -3.21. The Morgan fingerprint density at radius 2 is 1.80 bits per heavy atom. The van der Waals surface area contributed by atoms with Crippen LogP contribution >= 0.6 is 0 Å². The van der Waals surface area contributed by atoms with Crippen LogP contribution in [0, 0.1) is 13.8 Å². The van der Waals surface area contributed by atoms with Crippen molar-refractivity contribution in [3.8, 4) is 11.4 Å². The van der Waals surface area contributed by atoms with E-state index < -0.39 is 10.0 Å². The van der Waals surface area contributed by atoms with Crippen molar-refractivity contribution in [2.75, 3.05) is 24.7 Å². The average Bonchev–Trinajstić information content (AvgIpc) is 2.86. The summed E-state index contributed by atoms with van der Waals surface area (Å²) in [5.74, 6) is 1.31. The Hall–Kier alpha value is -2.45. The number of rotatable bonds is 6. The van der Waals surface area contributed by atoms with Gasteiger partial charge in [0.15, 0.2) is 5.82 Å². The predicted molar refractivity (Wildman–Crippen MR) is 100 cm³/mol. The highest BCUT2D eigenvalue weighted by molar-refractivity contribution is 7.88. The number of nitrogens with one attached hydrogen (secondary N) is 3. The van der Waals surface area contributed by atoms with Crippen LogP contribution in [0.3, 0.4) is 0 Å². The molecule has 0 amide bonds. The Morgan fingerprint density at radius 1 is 1.08 bits per heavy atom. The predicted octanol–water partition coefficient (Wildman–Crippen LogP) is 2.20. The number of fused-ring (bicyclic) bond motifs is 1. The highest BCUT2D eigenvalue weighted by atomic mass is 32.2. The van der Waals surface area contributed by atoms with E-state index in [2.05, 4.69) is 25.0 Å². The first kappa shape index (κ1) is 17.4. The maximum atomic E-state index is 11.2. The summed E-state index contributed by atoms with van der Waals surface area (Å²) in [5, 5.41) is 4.15. The molecule has 3 rings (SSSR count). The van der Waals surface area contributed by atoms with Gasteiger partial charge in [-0.05, 0) is 19.4 Å². The Labute approximate surface area is 147 Å². The van der Waals surface area contributed by atoms with Gasteiger partial charge in [0.05, 0.1) is 11.6 Å². The number of aromatic nitrogens is 3. The topological polar surface area (TPSA) is 99.8 Å². The van der Waals surface area contributed by atoms with Crippen LogP contribution in [0.1, 0.15) is 11.3 Å². The lowest BCUT2D eigenvalue weighted by atomic mass is 10.2. The fourth-order valence-electron chi connectivity index (χ4n) is 2.63. The molecule has 0 radical (unpaired) electrons. The molecule has 3 aromatic rings. The summed E-state index contributed by atoms with van der Waals surface area (Å²) in [4.78, 5) is 12.6. The normalized spacial score (nSPS) is 11.8. The van der Waals surface area contributed by atoms with Gasteiger partial charge in [-0.15, -0.1) is 0 Å². The van der Waals surface area contributed by atoms with Gasteiger partial charge in [-0.3, -0.25) is 0 Å². The van der Waals surface area contributed by atoms with Crippen molar-refractivity contribution in [1.82, 2.24) is 19.7 Å². The fraction of sp³-hybridized carbons (Fsp3) is 0.294. The van der Waals surface area contributed by atoms with Crippen molar-refractivity contribution in [2.45, 2.75) is 13.8 Å². The molecule has 3 N–H and O–H groups in total. The molecule has 0 aliphatic carbocycles. The van der Waals surface area contributed by atoms with Crippen LogP contribution in [0.2, 0.25) is 0 Å². The number of hydrogen-bond acceptors (Lipinski definition) is 5. The molecule has 2 aromatic heterocycles. The van der Waals surface area contributed by atoms with Crippen LogP contribution in [0.5, 0.6) is 0 Å². The zero-order valence-corrected chi connectivity index (χ0v) is 15.2. The molecule has 8 heteroatoms. The van der Waals surface area contributed by atoms with E-state index in [1.54, 1.807) is 0 Å². The third-order valence-electron chi connectivity index (χ3n) is 3.97. The number of aryl methyl sites for hydroxylation is 2. The Morgan fingerprint density at radius 3 is 2.48 bits per heavy atom. The summed E-state index contributed by atoms with van der Waals surface area (Å²) < 4.78 is 24.8. The zero-order chi connectivity index (χ0) is 18.0. The van der Waals surface area contributed by atoms with Crippen molar-refractivity contribution in [3.05, 3.63) is 41.6 Å². The third kappa shape index (κ3) is 3.97. The molecule has 0 saturated heterocycles. The summed E-state index contributed by atoms with van der Waals surface area (Å²) in [5.41, 5.74) is 3.80. The first-order valence-corrected chi connectivity index (χ1v) is 9.85. The highest BCUT2D eigenvalue weighted by Crippen LogP contribution is 2.28. The van der Waals surface area contributed by atoms with Gasteiger partial charge < -0.3 is 10.3 Å². The van der Waals surface area contributed by atoms with Gasteiger partial charge in [-0.25, -0.2) is 23.1 Å². The minimum absolute atomic E-state index is 0.285. The standard InChI is InChI=1S/C17H21N5O2S/c1-11-12(2)20-17-14(11)16(18-9-10-19-25(3,23)24)21-15(22-17)13-7-5-4-6-8-13/h4-8,19H,9-10H2,1-3H3,(H2,18,20,21,22). The molecule has 7 nitrogen and oxygen atoms in total. The quantitative estimate of drug-likeness (QED) is 0.586. The molecule has 25 heavy (non-hydrogen) atoms. The highest BCUT2D eigenvalue weighted by Gasteiger charge is 2.14. The molecule has 0 aliphatic rings. The second-order valence-corrected chi connectivity index (χ2v) is 7.79. The molecule has 2 heterocycles. The number of benzene rings is 1. The first-order valence-electron chi connectivity index (χ1n) is 7.96. The van der Waals surface area contributed by atoms with Crippen LogP contribution in [0.25, 0.3) is 22.4 Å². The average molecular weight is 359 g/mol. The van der Waals surface area contributed by atoms with Gasteiger partial charge >= 0.3 is 0 Å². The van der Waals surface area contributed by atoms with Gasteiger partial charge in [0.1, 0.15) is 11.5 Å². The van der Waals surface area contributed by atoms with E-state index in [0.717, 1.165) is 34.1 Å². The summed E-state index contributed by atoms with van der Waals surface area (Å²) in [6.45, 7) is 4.72. The maximum Gasteiger partial charge on any atom is 0.208 e. The molecule has 0 spiro atoms. The van der Waals surface area contributed by atoms with Crippen molar-refractivity contribution in [3.63, 3.8) is 0 Å². The van der Waals surface area contributed by atoms with Gasteiger partial charge in [-0.1, -0.05) is 30.3 Å². The molecule has 1 aromatic carbocycles. The lowest BCUT2D eigenvalue weighted by Gasteiger charge is -2.10. The third-order valence-corrected chi connectivity index (χ3v) is 4.69. The van der Waals surface area contributed by atoms with Crippen LogP contribution in [-0.2, 0) is 10.0 Å². The summed E-state index contributed by atoms with van der Waals surface area (Å²) >= 11 is 0. The van der Waals surface area contributed by atoms with Crippen LogP contribution < -0.4 is 10.0 Å². The lowest BCUT2D eigenvalue weighted by Crippen LogP contribution is -2.27. The van der Waals surface area contributed by atoms with Crippen LogP contribution in [-0.4, -0.2) is 42.7 Å². The molecular formula is C17H21N5O2S. The van der Waals surface area contributed by atoms with E-state index in [4.69, 9.17) is 0 Å². The molecule has 0 unspecified atom stereocenters. The fourth-order valence-corrected chi connectivity index (χ4v) is 3.10. The number of hydrogen-bond donors (Lipinski definition) is 3. The van der Waals surface area contributed by atoms with Crippen molar-refractivity contribution in [1.29, 1.82) is 0 Å². The van der Waals surface area contributed by atoms with Crippen LogP contribution in [0.4, 0.5) is 5.82 Å². The Balaban J connectivity index is 1.96. The van der Waals surface area contributed by atoms with E-state index in [9.17, 15) is 8.42 Å². The van der Waals surface area contributed by atoms with Crippen molar-refractivity contribution in [2.24, 2.45) is 0 Å². The zero-order valence-electron chi connectivity index (χ0n) is 14.4. The lowest BCUT2D eigenvalue weighted by molar-refractivity contribution is 0.589. The first-order chi connectivity index (χ1) is 11.8. The molecule has 0 fully saturated rings. The number of aromatic amines is 1. The number of sulfonamides is 1. The largest absolute Gasteiger partial charge is 0.368 e. The van der Waals surface area contributed by atoms with E-state index in [1.165, 1.54) is 0 Å². The molecule has 0 atom stereocenters. The Bertz CT molecular complexity index is 997. The van der Waals surface area contributed by atoms with E-state index in [-0.39, 0.29) is 6.54 Å². The summed E-state index contributed by atoms with van der Waals surface area (Å²) in [6.07, 6.45) is 1.14. The minimum Gasteiger partial charge on any atom is -0.368 e. The van der Waals surface area contributed by atoms with Gasteiger partial charge in [0, 0.05) is 24.3 Å². The molecule has 0 aliphatic heterocycles. The maximum absolute atomic E-state index is 11.2. The molecule has 0 saturated carbocycles. The second-order valence-electron chi connectivity index (χ2n) is 5.95. The van der Waals surface area contributed by atoms with E-state index >= 15 is 0 Å². The number of H-pyrrole nitrogens is 1. The van der Waals surface area contributed by atoms with Crippen molar-refractivity contribution >= 4 is 26.9 Å². The number of anilines is 1. The Kier molecular flexibility index (Phi) is 4.73. The number of nitrogens with zero attached hydrogens (tertiary/aromatic N) is 2. The SMILES string of the molecule is Cc1[nH]c2nc(-c3ccccc3)nc(NCCNS(C)(=O)=O)c2c1C. The van der Waals surface area contributed by atoms with Gasteiger partial charge in [-0.2, -0.15) is 0 Å². The second kappa shape index (κ2) is 6.81. The van der Waals surface area contributed by atoms with Gasteiger partial charge in [0.25, 0.3) is 0 Å². The molecular weight excluding hydrogens is 338 g/mol. The van der Waals surface area contributed by atoms with E-state index in [0.29, 0.717) is 18.2 Å². The van der Waals surface area contributed by atoms with Crippen LogP contribution in [0.15, 0.2) is 30.3 Å². The summed E-state index contributed by atoms with van der Waals surface area (Å²) in [6, 6.07) is 9.74. The smallest absolute Gasteiger partial charge is 0.208 e.